The third-order valence-electron chi connectivity index (χ3n) is 5.15. The molecule has 4 rings (SSSR count). The van der Waals surface area contributed by atoms with Gasteiger partial charge in [-0.15, -0.1) is 0 Å². The summed E-state index contributed by atoms with van der Waals surface area (Å²) in [6, 6.07) is 12.1. The monoisotopic (exact) mass is 523 g/mol. The number of rotatable bonds is 9. The van der Waals surface area contributed by atoms with E-state index in [1.807, 2.05) is 0 Å². The Labute approximate surface area is 245 Å². The van der Waals surface area contributed by atoms with Crippen molar-refractivity contribution in [1.29, 1.82) is 0 Å². The maximum absolute atomic E-state index is 13.0. The summed E-state index contributed by atoms with van der Waals surface area (Å²) >= 11 is 0. The van der Waals surface area contributed by atoms with E-state index in [1.165, 1.54) is 24.2 Å². The Hall–Kier alpha value is -2.10. The van der Waals surface area contributed by atoms with E-state index in [-0.39, 0.29) is 81.3 Å². The third-order valence-corrected chi connectivity index (χ3v) is 6.38. The maximum Gasteiger partial charge on any atom is 0.282 e. The van der Waals surface area contributed by atoms with Crippen LogP contribution in [-0.4, -0.2) is 110 Å². The Morgan fingerprint density at radius 2 is 1.71 bits per heavy atom. The second-order valence-corrected chi connectivity index (χ2v) is 9.16. The molecule has 13 heteroatoms. The first-order chi connectivity index (χ1) is 16.3. The standard InChI is InChI=1S/C22H24N6O5S.K/c1-28-10-20(23-13-28)34(31,32)27-22-21(24-17-5-3-4-6-18(17)25-22)26-19-9-15(33-2)7-8-16(19)14(11-29)12-30;/h3-10,13-14,29-30H,11-12H2,1-2H3,(H,24,26)(H,25,27);. The van der Waals surface area contributed by atoms with Crippen LogP contribution in [-0.2, 0) is 17.1 Å². The average Bonchev–Trinajstić information content (AvgIpc) is 3.28. The smallest absolute Gasteiger partial charge is 0.282 e. The number of aromatic nitrogens is 4. The van der Waals surface area contributed by atoms with Crippen LogP contribution in [0.5, 0.6) is 5.75 Å². The number of aryl methyl sites for hydroxylation is 1. The SMILES string of the molecule is COc1ccc(C(CO)CO)c(Nc2nc3ccccc3nc2NS(=O)(=O)c2cn(C)cn2)c1.[K]. The number of benzene rings is 2. The van der Waals surface area contributed by atoms with Crippen LogP contribution in [0.3, 0.4) is 0 Å². The van der Waals surface area contributed by atoms with Gasteiger partial charge in [-0.1, -0.05) is 18.2 Å². The molecule has 0 aliphatic carbocycles. The predicted octanol–water partition coefficient (Wildman–Crippen LogP) is 1.60. The van der Waals surface area contributed by atoms with Crippen molar-refractivity contribution in [3.8, 4) is 5.75 Å². The molecule has 4 aromatic rings. The second kappa shape index (κ2) is 11.8. The number of imidazole rings is 1. The second-order valence-electron chi connectivity index (χ2n) is 7.53. The van der Waals surface area contributed by atoms with Gasteiger partial charge >= 0.3 is 0 Å². The molecule has 0 spiro atoms. The summed E-state index contributed by atoms with van der Waals surface area (Å²) in [5, 5.41) is 22.4. The van der Waals surface area contributed by atoms with Crippen LogP contribution in [0.25, 0.3) is 11.0 Å². The van der Waals surface area contributed by atoms with Crippen LogP contribution in [0, 0.1) is 0 Å². The topological polar surface area (TPSA) is 151 Å². The number of methoxy groups -OCH3 is 1. The molecule has 0 bridgehead atoms. The zero-order valence-corrected chi connectivity index (χ0v) is 23.4. The summed E-state index contributed by atoms with van der Waals surface area (Å²) in [5.41, 5.74) is 2.09. The molecular weight excluding hydrogens is 499 g/mol. The molecule has 0 unspecified atom stereocenters. The van der Waals surface area contributed by atoms with E-state index >= 15 is 0 Å². The Morgan fingerprint density at radius 1 is 1.06 bits per heavy atom. The molecule has 0 atom stereocenters. The summed E-state index contributed by atoms with van der Waals surface area (Å²) in [7, 11) is -0.879. The van der Waals surface area contributed by atoms with Crippen molar-refractivity contribution in [2.75, 3.05) is 30.4 Å². The Balaban J connectivity index is 0.00000342. The first-order valence-electron chi connectivity index (χ1n) is 10.3. The summed E-state index contributed by atoms with van der Waals surface area (Å²) in [6.45, 7) is -0.583. The number of aliphatic hydroxyl groups excluding tert-OH is 2. The van der Waals surface area contributed by atoms with Gasteiger partial charge in [0.25, 0.3) is 10.0 Å². The first kappa shape index (κ1) is 27.5. The van der Waals surface area contributed by atoms with Crippen LogP contribution in [0.4, 0.5) is 17.3 Å². The first-order valence-corrected chi connectivity index (χ1v) is 11.8. The molecule has 0 saturated heterocycles. The van der Waals surface area contributed by atoms with Gasteiger partial charge < -0.3 is 24.8 Å². The van der Waals surface area contributed by atoms with Crippen LogP contribution in [0.15, 0.2) is 60.0 Å². The van der Waals surface area contributed by atoms with E-state index in [0.717, 1.165) is 0 Å². The van der Waals surface area contributed by atoms with Gasteiger partial charge in [0.2, 0.25) is 0 Å². The van der Waals surface area contributed by atoms with Crippen LogP contribution < -0.4 is 14.8 Å². The quantitative estimate of drug-likeness (QED) is 0.240. The van der Waals surface area contributed by atoms with E-state index in [4.69, 9.17) is 4.74 Å². The van der Waals surface area contributed by atoms with Crippen molar-refractivity contribution in [2.45, 2.75) is 10.9 Å². The maximum atomic E-state index is 13.0. The Morgan fingerprint density at radius 3 is 2.29 bits per heavy atom. The number of sulfonamides is 1. The van der Waals surface area contributed by atoms with E-state index in [0.29, 0.717) is 28.0 Å². The Bertz CT molecular complexity index is 1430. The summed E-state index contributed by atoms with van der Waals surface area (Å²) in [5.74, 6) is 0.0331. The van der Waals surface area contributed by atoms with E-state index in [9.17, 15) is 18.6 Å². The number of anilines is 3. The average molecular weight is 524 g/mol. The number of nitrogens with one attached hydrogen (secondary N) is 2. The number of hydrogen-bond acceptors (Lipinski definition) is 9. The van der Waals surface area contributed by atoms with Crippen LogP contribution >= 0.6 is 0 Å². The van der Waals surface area contributed by atoms with Gasteiger partial charge in [0, 0.05) is 82.3 Å². The van der Waals surface area contributed by atoms with Crippen molar-refractivity contribution < 1.29 is 23.4 Å². The van der Waals surface area contributed by atoms with Gasteiger partial charge in [0.15, 0.2) is 16.7 Å². The van der Waals surface area contributed by atoms with Crippen LogP contribution in [0.2, 0.25) is 0 Å². The molecule has 0 saturated carbocycles. The fourth-order valence-corrected chi connectivity index (χ4v) is 4.37. The van der Waals surface area contributed by atoms with Gasteiger partial charge in [-0.2, -0.15) is 8.42 Å². The van der Waals surface area contributed by atoms with Crippen molar-refractivity contribution >= 4 is 89.8 Å². The third kappa shape index (κ3) is 6.18. The molecule has 179 valence electrons. The summed E-state index contributed by atoms with van der Waals surface area (Å²) in [4.78, 5) is 12.9. The molecule has 0 amide bonds. The number of nitrogens with zero attached hydrogens (tertiary/aromatic N) is 4. The number of ether oxygens (including phenoxy) is 1. The Kier molecular flexibility index (Phi) is 9.23. The summed E-state index contributed by atoms with van der Waals surface area (Å²) < 4.78 is 35.2. The number of fused-ring (bicyclic) bond motifs is 1. The van der Waals surface area contributed by atoms with Crippen molar-refractivity contribution in [3.05, 3.63) is 60.6 Å². The minimum absolute atomic E-state index is 0. The van der Waals surface area contributed by atoms with Crippen molar-refractivity contribution in [1.82, 2.24) is 19.5 Å². The zero-order chi connectivity index (χ0) is 24.3. The number of aliphatic hydroxyl groups is 2. The van der Waals surface area contributed by atoms with Gasteiger partial charge in [-0.25, -0.2) is 15.0 Å². The fourth-order valence-electron chi connectivity index (χ4n) is 3.37. The number of hydrogen-bond donors (Lipinski definition) is 4. The predicted molar refractivity (Wildman–Crippen MR) is 132 cm³/mol. The van der Waals surface area contributed by atoms with E-state index in [2.05, 4.69) is 25.0 Å². The molecule has 2 heterocycles. The number of para-hydroxylation sites is 2. The molecule has 2 aromatic heterocycles. The largest absolute Gasteiger partial charge is 0.497 e. The molecule has 0 aliphatic heterocycles. The van der Waals surface area contributed by atoms with Crippen molar-refractivity contribution in [3.63, 3.8) is 0 Å². The fraction of sp³-hybridized carbons (Fsp3) is 0.227. The van der Waals surface area contributed by atoms with Gasteiger partial charge in [-0.05, 0) is 23.8 Å². The van der Waals surface area contributed by atoms with E-state index in [1.54, 1.807) is 49.5 Å². The van der Waals surface area contributed by atoms with Gasteiger partial charge in [0.1, 0.15) is 5.75 Å². The minimum Gasteiger partial charge on any atom is -0.497 e. The molecule has 2 aromatic carbocycles. The molecule has 1 radical (unpaired) electrons. The normalized spacial score (nSPS) is 11.3. The summed E-state index contributed by atoms with van der Waals surface area (Å²) in [6.07, 6.45) is 2.75. The minimum atomic E-state index is -4.05. The molecule has 0 fully saturated rings. The molecule has 11 nitrogen and oxygen atoms in total. The van der Waals surface area contributed by atoms with E-state index < -0.39 is 15.9 Å². The van der Waals surface area contributed by atoms with Crippen LogP contribution in [0.1, 0.15) is 11.5 Å². The molecule has 0 aliphatic rings. The molecule has 35 heavy (non-hydrogen) atoms. The van der Waals surface area contributed by atoms with Crippen molar-refractivity contribution in [2.24, 2.45) is 7.05 Å². The van der Waals surface area contributed by atoms with Gasteiger partial charge in [-0.3, -0.25) is 4.72 Å². The van der Waals surface area contributed by atoms with Gasteiger partial charge in [0.05, 0.1) is 37.7 Å². The molecular formula is C22H24KN6O5S. The molecule has 4 N–H and O–H groups in total. The zero-order valence-electron chi connectivity index (χ0n) is 19.5.